The van der Waals surface area contributed by atoms with Gasteiger partial charge >= 0.3 is 15.5 Å². The maximum absolute atomic E-state index is 12.5. The number of nitrogens with zero attached hydrogens (tertiary/aromatic N) is 3. The zero-order valence-corrected chi connectivity index (χ0v) is 16.7. The number of alkyl halides is 3. The van der Waals surface area contributed by atoms with Crippen LogP contribution >= 0.6 is 11.6 Å². The second kappa shape index (κ2) is 9.23. The van der Waals surface area contributed by atoms with E-state index in [0.29, 0.717) is 5.69 Å². The van der Waals surface area contributed by atoms with E-state index in [0.717, 1.165) is 30.8 Å². The SMILES string of the molecule is CCCc1cc(N=C/C(=C\N)c2ncc(NS(=O)(=O)C(F)(F)F)cc2Cl)ccn1. The highest BCUT2D eigenvalue weighted by atomic mass is 35.5. The van der Waals surface area contributed by atoms with E-state index in [-0.39, 0.29) is 16.3 Å². The van der Waals surface area contributed by atoms with Crippen molar-refractivity contribution in [1.82, 2.24) is 9.97 Å². The minimum Gasteiger partial charge on any atom is -0.404 e. The Bertz CT molecular complexity index is 1040. The Morgan fingerprint density at radius 1 is 1.34 bits per heavy atom. The van der Waals surface area contributed by atoms with Gasteiger partial charge in [0.15, 0.2) is 0 Å². The molecule has 29 heavy (non-hydrogen) atoms. The van der Waals surface area contributed by atoms with Crippen LogP contribution in [0.1, 0.15) is 24.7 Å². The first-order chi connectivity index (χ1) is 13.6. The molecule has 2 heterocycles. The van der Waals surface area contributed by atoms with E-state index in [4.69, 9.17) is 17.3 Å². The van der Waals surface area contributed by atoms with Crippen molar-refractivity contribution in [3.05, 3.63) is 53.2 Å². The van der Waals surface area contributed by atoms with E-state index < -0.39 is 21.2 Å². The highest BCUT2D eigenvalue weighted by molar-refractivity contribution is 7.93. The van der Waals surface area contributed by atoms with Gasteiger partial charge in [-0.15, -0.1) is 0 Å². The van der Waals surface area contributed by atoms with Gasteiger partial charge in [-0.05, 0) is 24.6 Å². The number of hydrogen-bond acceptors (Lipinski definition) is 6. The average molecular weight is 448 g/mol. The topological polar surface area (TPSA) is 110 Å². The monoisotopic (exact) mass is 447 g/mol. The van der Waals surface area contributed by atoms with E-state index in [1.165, 1.54) is 17.1 Å². The number of halogens is 4. The van der Waals surface area contributed by atoms with Crippen molar-refractivity contribution < 1.29 is 21.6 Å². The fraction of sp³-hybridized carbons (Fsp3) is 0.235. The van der Waals surface area contributed by atoms with E-state index >= 15 is 0 Å². The Morgan fingerprint density at radius 3 is 2.66 bits per heavy atom. The molecule has 0 aliphatic rings. The van der Waals surface area contributed by atoms with Gasteiger partial charge in [-0.25, -0.2) is 0 Å². The Hall–Kier alpha value is -2.66. The molecular weight excluding hydrogens is 431 g/mol. The summed E-state index contributed by atoms with van der Waals surface area (Å²) in [6.45, 7) is 2.03. The van der Waals surface area contributed by atoms with Crippen LogP contribution in [0.4, 0.5) is 24.5 Å². The van der Waals surface area contributed by atoms with Crippen molar-refractivity contribution in [1.29, 1.82) is 0 Å². The molecule has 7 nitrogen and oxygen atoms in total. The lowest BCUT2D eigenvalue weighted by atomic mass is 10.2. The Labute approximate surface area is 170 Å². The van der Waals surface area contributed by atoms with Crippen LogP contribution in [-0.4, -0.2) is 30.1 Å². The van der Waals surface area contributed by atoms with Gasteiger partial charge in [0.2, 0.25) is 0 Å². The van der Waals surface area contributed by atoms with Crippen molar-refractivity contribution >= 4 is 44.8 Å². The number of rotatable bonds is 7. The minimum atomic E-state index is -5.58. The van der Waals surface area contributed by atoms with Crippen molar-refractivity contribution in [3.63, 3.8) is 0 Å². The maximum Gasteiger partial charge on any atom is 0.516 e. The number of aliphatic imine (C=N–C) groups is 1. The van der Waals surface area contributed by atoms with Gasteiger partial charge in [-0.2, -0.15) is 21.6 Å². The lowest BCUT2D eigenvalue weighted by molar-refractivity contribution is -0.0429. The number of nitrogens with one attached hydrogen (secondary N) is 1. The number of sulfonamides is 1. The molecule has 0 aromatic carbocycles. The Kier molecular flexibility index (Phi) is 7.20. The maximum atomic E-state index is 12.5. The van der Waals surface area contributed by atoms with Crippen molar-refractivity contribution in [2.45, 2.75) is 25.3 Å². The highest BCUT2D eigenvalue weighted by Crippen LogP contribution is 2.28. The average Bonchev–Trinajstić information content (AvgIpc) is 2.63. The Morgan fingerprint density at radius 2 is 2.07 bits per heavy atom. The molecule has 0 aliphatic carbocycles. The predicted octanol–water partition coefficient (Wildman–Crippen LogP) is 4.05. The third-order valence-corrected chi connectivity index (χ3v) is 4.91. The second-order valence-corrected chi connectivity index (χ2v) is 7.82. The first-order valence-corrected chi connectivity index (χ1v) is 10.1. The summed E-state index contributed by atoms with van der Waals surface area (Å²) in [5.74, 6) is 0. The number of nitrogens with two attached hydrogens (primary N) is 1. The van der Waals surface area contributed by atoms with Gasteiger partial charge in [0.1, 0.15) is 0 Å². The van der Waals surface area contributed by atoms with Crippen LogP contribution in [0.3, 0.4) is 0 Å². The summed E-state index contributed by atoms with van der Waals surface area (Å²) < 4.78 is 61.1. The van der Waals surface area contributed by atoms with Crippen molar-refractivity contribution in [3.8, 4) is 0 Å². The molecule has 0 unspecified atom stereocenters. The molecule has 0 radical (unpaired) electrons. The second-order valence-electron chi connectivity index (χ2n) is 5.74. The molecule has 0 atom stereocenters. The van der Waals surface area contributed by atoms with Crippen molar-refractivity contribution in [2.24, 2.45) is 10.7 Å². The van der Waals surface area contributed by atoms with Crippen LogP contribution in [0, 0.1) is 0 Å². The molecule has 0 saturated carbocycles. The molecule has 0 spiro atoms. The summed E-state index contributed by atoms with van der Waals surface area (Å²) in [5, 5.41) is -0.114. The molecule has 2 aromatic heterocycles. The molecule has 156 valence electrons. The van der Waals surface area contributed by atoms with Crippen molar-refractivity contribution in [2.75, 3.05) is 4.72 Å². The number of allylic oxidation sites excluding steroid dienone is 1. The molecule has 2 rings (SSSR count). The quantitative estimate of drug-likeness (QED) is 0.622. The predicted molar refractivity (Wildman–Crippen MR) is 106 cm³/mol. The number of anilines is 1. The van der Waals surface area contributed by atoms with Gasteiger partial charge < -0.3 is 5.73 Å². The summed E-state index contributed by atoms with van der Waals surface area (Å²) in [6, 6.07) is 4.49. The fourth-order valence-electron chi connectivity index (χ4n) is 2.18. The summed E-state index contributed by atoms with van der Waals surface area (Å²) >= 11 is 6.05. The summed E-state index contributed by atoms with van der Waals surface area (Å²) in [4.78, 5) is 12.4. The largest absolute Gasteiger partial charge is 0.516 e. The molecule has 2 aromatic rings. The third-order valence-electron chi connectivity index (χ3n) is 3.51. The van der Waals surface area contributed by atoms with Gasteiger partial charge in [-0.1, -0.05) is 24.9 Å². The van der Waals surface area contributed by atoms with Crippen LogP contribution in [0.25, 0.3) is 5.57 Å². The van der Waals surface area contributed by atoms with Gasteiger partial charge in [-0.3, -0.25) is 19.7 Å². The van der Waals surface area contributed by atoms with E-state index in [1.807, 2.05) is 6.92 Å². The van der Waals surface area contributed by atoms with Crippen LogP contribution < -0.4 is 10.5 Å². The summed E-state index contributed by atoms with van der Waals surface area (Å²) in [6.07, 6.45) is 6.80. The van der Waals surface area contributed by atoms with Gasteiger partial charge in [0.05, 0.1) is 28.3 Å². The molecular formula is C17H17ClF3N5O2S. The molecule has 0 fully saturated rings. The minimum absolute atomic E-state index is 0.114. The lowest BCUT2D eigenvalue weighted by Gasteiger charge is -2.11. The number of aryl methyl sites for hydroxylation is 1. The van der Waals surface area contributed by atoms with E-state index in [1.54, 1.807) is 18.3 Å². The molecule has 3 N–H and O–H groups in total. The van der Waals surface area contributed by atoms with Crippen LogP contribution in [0.15, 0.2) is 41.8 Å². The molecule has 0 saturated heterocycles. The first kappa shape index (κ1) is 22.6. The third kappa shape index (κ3) is 5.91. The van der Waals surface area contributed by atoms with E-state index in [2.05, 4.69) is 15.0 Å². The molecule has 0 aliphatic heterocycles. The van der Waals surface area contributed by atoms with Crippen LogP contribution in [-0.2, 0) is 16.4 Å². The zero-order valence-electron chi connectivity index (χ0n) is 15.1. The highest BCUT2D eigenvalue weighted by Gasteiger charge is 2.46. The Balaban J connectivity index is 2.25. The zero-order chi connectivity index (χ0) is 21.7. The van der Waals surface area contributed by atoms with Crippen LogP contribution in [0.2, 0.25) is 5.02 Å². The normalized spacial score (nSPS) is 13.1. The standard InChI is InChI=1S/C17H17ClF3N5O2S/c1-2-3-12-6-13(4-5-23-12)24-9-11(8-22)16-15(18)7-14(10-25-16)26-29(27,28)17(19,20)21/h4-10,26H,2-3,22H2,1H3/b11-8+,24-9?. The number of aromatic nitrogens is 2. The number of hydrogen-bond donors (Lipinski definition) is 2. The fourth-order valence-corrected chi connectivity index (χ4v) is 3.00. The first-order valence-electron chi connectivity index (χ1n) is 8.23. The smallest absolute Gasteiger partial charge is 0.404 e. The van der Waals surface area contributed by atoms with E-state index in [9.17, 15) is 21.6 Å². The molecule has 12 heteroatoms. The lowest BCUT2D eigenvalue weighted by Crippen LogP contribution is -2.30. The van der Waals surface area contributed by atoms with Gasteiger partial charge in [0, 0.05) is 29.9 Å². The summed E-state index contributed by atoms with van der Waals surface area (Å²) in [5.41, 5.74) is 1.58. The number of pyridine rings is 2. The molecule has 0 amide bonds. The summed E-state index contributed by atoms with van der Waals surface area (Å²) in [7, 11) is -5.58. The van der Waals surface area contributed by atoms with Gasteiger partial charge in [0.25, 0.3) is 0 Å². The van der Waals surface area contributed by atoms with Crippen LogP contribution in [0.5, 0.6) is 0 Å². The molecule has 0 bridgehead atoms.